The molecule has 0 saturated carbocycles. The maximum atomic E-state index is 13.2. The highest BCUT2D eigenvalue weighted by Gasteiger charge is 2.12. The topological polar surface area (TPSA) is 14.2 Å². The van der Waals surface area contributed by atoms with E-state index in [-0.39, 0.29) is 5.82 Å². The second-order valence-corrected chi connectivity index (χ2v) is 5.50. The minimum Gasteiger partial charge on any atom is -0.493 e. The van der Waals surface area contributed by atoms with Crippen LogP contribution in [0.15, 0.2) is 48.7 Å². The summed E-state index contributed by atoms with van der Waals surface area (Å²) < 4.78 is 20.9. The summed E-state index contributed by atoms with van der Waals surface area (Å²) in [5.74, 6) is 0.847. The Morgan fingerprint density at radius 3 is 3.00 bits per heavy atom. The van der Waals surface area contributed by atoms with Crippen LogP contribution in [0.2, 0.25) is 0 Å². The van der Waals surface area contributed by atoms with Crippen LogP contribution in [0.5, 0.6) is 5.75 Å². The van der Waals surface area contributed by atoms with Crippen molar-refractivity contribution in [2.45, 2.75) is 19.4 Å². The van der Waals surface area contributed by atoms with Crippen LogP contribution >= 0.6 is 0 Å². The molecule has 0 spiro atoms. The molecule has 0 N–H and O–H groups in total. The van der Waals surface area contributed by atoms with Gasteiger partial charge in [-0.25, -0.2) is 4.39 Å². The molecule has 2 nitrogen and oxygen atoms in total. The van der Waals surface area contributed by atoms with Gasteiger partial charge in [-0.3, -0.25) is 0 Å². The maximum Gasteiger partial charge on any atom is 0.123 e. The monoisotopic (exact) mass is 281 g/mol. The largest absolute Gasteiger partial charge is 0.493 e. The van der Waals surface area contributed by atoms with E-state index in [4.69, 9.17) is 4.74 Å². The van der Waals surface area contributed by atoms with Crippen LogP contribution in [0.1, 0.15) is 11.1 Å². The lowest BCUT2D eigenvalue weighted by Gasteiger charge is -2.07. The van der Waals surface area contributed by atoms with Gasteiger partial charge in [0, 0.05) is 30.1 Å². The van der Waals surface area contributed by atoms with Crippen LogP contribution < -0.4 is 4.74 Å². The lowest BCUT2D eigenvalue weighted by atomic mass is 10.1. The Balaban J connectivity index is 1.55. The first-order chi connectivity index (χ1) is 10.3. The summed E-state index contributed by atoms with van der Waals surface area (Å²) >= 11 is 0. The molecule has 1 aromatic heterocycles. The predicted molar refractivity (Wildman–Crippen MR) is 81.2 cm³/mol. The first-order valence-corrected chi connectivity index (χ1v) is 7.28. The minimum atomic E-state index is -0.182. The van der Waals surface area contributed by atoms with Crippen molar-refractivity contribution in [3.05, 3.63) is 65.6 Å². The first-order valence-electron chi connectivity index (χ1n) is 7.28. The summed E-state index contributed by atoms with van der Waals surface area (Å²) in [7, 11) is 0. The lowest BCUT2D eigenvalue weighted by molar-refractivity contribution is 0.357. The predicted octanol–water partition coefficient (Wildman–Crippen LogP) is 3.96. The normalized spacial score (nSPS) is 13.4. The number of hydrogen-bond donors (Lipinski definition) is 0. The van der Waals surface area contributed by atoms with Gasteiger partial charge in [0.15, 0.2) is 0 Å². The quantitative estimate of drug-likeness (QED) is 0.709. The number of aryl methyl sites for hydroxylation is 2. The standard InChI is InChI=1S/C18H16FNO/c19-16-2-3-17-14(12-16)6-9-20(17)8-5-13-1-4-18-15(11-13)7-10-21-18/h1-4,6,9,11-12H,5,7-8,10H2. The van der Waals surface area contributed by atoms with Gasteiger partial charge in [0.1, 0.15) is 11.6 Å². The van der Waals surface area contributed by atoms with Gasteiger partial charge < -0.3 is 9.30 Å². The Bertz CT molecular complexity index is 806. The van der Waals surface area contributed by atoms with Crippen LogP contribution in [-0.2, 0) is 19.4 Å². The fourth-order valence-electron chi connectivity index (χ4n) is 3.01. The molecule has 0 amide bonds. The molecular weight excluding hydrogens is 265 g/mol. The summed E-state index contributed by atoms with van der Waals surface area (Å²) in [5, 5.41) is 0.956. The number of halogens is 1. The van der Waals surface area contributed by atoms with Crippen molar-refractivity contribution in [3.8, 4) is 5.75 Å². The van der Waals surface area contributed by atoms with E-state index in [1.54, 1.807) is 6.07 Å². The Kier molecular flexibility index (Phi) is 2.92. The van der Waals surface area contributed by atoms with Crippen molar-refractivity contribution in [3.63, 3.8) is 0 Å². The van der Waals surface area contributed by atoms with E-state index in [1.807, 2.05) is 18.3 Å². The fourth-order valence-corrected chi connectivity index (χ4v) is 3.01. The molecule has 0 unspecified atom stereocenters. The first kappa shape index (κ1) is 12.5. The van der Waals surface area contributed by atoms with Crippen LogP contribution in [0.3, 0.4) is 0 Å². The van der Waals surface area contributed by atoms with Gasteiger partial charge in [0.05, 0.1) is 6.61 Å². The number of hydrogen-bond acceptors (Lipinski definition) is 1. The van der Waals surface area contributed by atoms with Gasteiger partial charge in [-0.2, -0.15) is 0 Å². The Labute approximate surface area is 122 Å². The number of benzene rings is 2. The third-order valence-electron chi connectivity index (χ3n) is 4.13. The maximum absolute atomic E-state index is 13.2. The summed E-state index contributed by atoms with van der Waals surface area (Å²) in [6.07, 6.45) is 4.00. The Morgan fingerprint density at radius 1 is 1.10 bits per heavy atom. The minimum absolute atomic E-state index is 0.182. The number of fused-ring (bicyclic) bond motifs is 2. The molecule has 0 bridgehead atoms. The Morgan fingerprint density at radius 2 is 2.05 bits per heavy atom. The summed E-state index contributed by atoms with van der Waals surface area (Å²) in [6.45, 7) is 1.70. The van der Waals surface area contributed by atoms with Gasteiger partial charge >= 0.3 is 0 Å². The van der Waals surface area contributed by atoms with Gasteiger partial charge in [0.2, 0.25) is 0 Å². The molecular formula is C18H16FNO. The molecule has 4 rings (SSSR count). The second kappa shape index (κ2) is 4.92. The average molecular weight is 281 g/mol. The Hall–Kier alpha value is -2.29. The highest BCUT2D eigenvalue weighted by molar-refractivity contribution is 5.80. The highest BCUT2D eigenvalue weighted by atomic mass is 19.1. The van der Waals surface area contributed by atoms with Gasteiger partial charge in [-0.15, -0.1) is 0 Å². The molecule has 2 heterocycles. The number of ether oxygens (including phenoxy) is 1. The average Bonchev–Trinajstić information content (AvgIpc) is 3.10. The lowest BCUT2D eigenvalue weighted by Crippen LogP contribution is -2.00. The van der Waals surface area contributed by atoms with Crippen molar-refractivity contribution in [1.29, 1.82) is 0 Å². The molecule has 1 aliphatic heterocycles. The second-order valence-electron chi connectivity index (χ2n) is 5.50. The molecule has 21 heavy (non-hydrogen) atoms. The number of nitrogens with zero attached hydrogens (tertiary/aromatic N) is 1. The van der Waals surface area contributed by atoms with Crippen molar-refractivity contribution < 1.29 is 9.13 Å². The smallest absolute Gasteiger partial charge is 0.123 e. The fraction of sp³-hybridized carbons (Fsp3) is 0.222. The van der Waals surface area contributed by atoms with E-state index in [1.165, 1.54) is 17.2 Å². The molecule has 0 fully saturated rings. The third-order valence-corrected chi connectivity index (χ3v) is 4.13. The third kappa shape index (κ3) is 2.29. The SMILES string of the molecule is Fc1ccc2c(ccn2CCc2ccc3c(c2)CCO3)c1. The van der Waals surface area contributed by atoms with Crippen LogP contribution in [0, 0.1) is 5.82 Å². The highest BCUT2D eigenvalue weighted by Crippen LogP contribution is 2.26. The van der Waals surface area contributed by atoms with Gasteiger partial charge in [-0.05, 0) is 47.9 Å². The molecule has 0 aliphatic carbocycles. The van der Waals surface area contributed by atoms with Crippen molar-refractivity contribution >= 4 is 10.9 Å². The molecule has 0 saturated heterocycles. The molecule has 2 aromatic carbocycles. The summed E-state index contributed by atoms with van der Waals surface area (Å²) in [4.78, 5) is 0. The van der Waals surface area contributed by atoms with E-state index in [0.717, 1.165) is 42.6 Å². The zero-order valence-corrected chi connectivity index (χ0v) is 11.7. The molecule has 0 radical (unpaired) electrons. The van der Waals surface area contributed by atoms with E-state index >= 15 is 0 Å². The van der Waals surface area contributed by atoms with Crippen LogP contribution in [0.25, 0.3) is 10.9 Å². The van der Waals surface area contributed by atoms with Gasteiger partial charge in [-0.1, -0.05) is 12.1 Å². The zero-order chi connectivity index (χ0) is 14.2. The van der Waals surface area contributed by atoms with E-state index < -0.39 is 0 Å². The molecule has 0 atom stereocenters. The van der Waals surface area contributed by atoms with E-state index in [0.29, 0.717) is 0 Å². The van der Waals surface area contributed by atoms with Crippen molar-refractivity contribution in [2.75, 3.05) is 6.61 Å². The van der Waals surface area contributed by atoms with E-state index in [9.17, 15) is 4.39 Å². The van der Waals surface area contributed by atoms with Crippen LogP contribution in [-0.4, -0.2) is 11.2 Å². The van der Waals surface area contributed by atoms with Gasteiger partial charge in [0.25, 0.3) is 0 Å². The number of rotatable bonds is 3. The van der Waals surface area contributed by atoms with E-state index in [2.05, 4.69) is 22.8 Å². The van der Waals surface area contributed by atoms with Crippen molar-refractivity contribution in [1.82, 2.24) is 4.57 Å². The molecule has 3 heteroatoms. The number of aromatic nitrogens is 1. The zero-order valence-electron chi connectivity index (χ0n) is 11.7. The molecule has 1 aliphatic rings. The molecule has 106 valence electrons. The van der Waals surface area contributed by atoms with Crippen molar-refractivity contribution in [2.24, 2.45) is 0 Å². The summed E-state index contributed by atoms with van der Waals surface area (Å²) in [5.41, 5.74) is 3.72. The molecule has 3 aromatic rings. The summed E-state index contributed by atoms with van der Waals surface area (Å²) in [6, 6.07) is 13.4. The van der Waals surface area contributed by atoms with Crippen LogP contribution in [0.4, 0.5) is 4.39 Å².